The second-order valence-corrected chi connectivity index (χ2v) is 3.02. The predicted octanol–water partition coefficient (Wildman–Crippen LogP) is 1.84. The van der Waals surface area contributed by atoms with Crippen LogP contribution in [0.15, 0.2) is 23.4 Å². The number of carbonyl (C=O) groups excluding carboxylic acids is 2. The van der Waals surface area contributed by atoms with Crippen LogP contribution >= 0.6 is 0 Å². The Morgan fingerprint density at radius 3 is 2.82 bits per heavy atom. The largest absolute Gasteiger partial charge is 0.482 e. The minimum atomic E-state index is -0.507. The van der Waals surface area contributed by atoms with E-state index in [-0.39, 0.29) is 30.2 Å². The molecule has 0 unspecified atom stereocenters. The molecule has 6 nitrogen and oxygen atoms in total. The van der Waals surface area contributed by atoms with Crippen molar-refractivity contribution >= 4 is 17.9 Å². The Morgan fingerprint density at radius 1 is 1.47 bits per heavy atom. The number of nitrogens with zero attached hydrogens (tertiary/aromatic N) is 1. The summed E-state index contributed by atoms with van der Waals surface area (Å²) in [6.07, 6.45) is 0.520. The lowest BCUT2D eigenvalue weighted by Crippen LogP contribution is -2.14. The molecule has 17 heavy (non-hydrogen) atoms. The van der Waals surface area contributed by atoms with Crippen LogP contribution in [0.2, 0.25) is 0 Å². The molecule has 0 bridgehead atoms. The average molecular weight is 237 g/mol. The van der Waals surface area contributed by atoms with Crippen molar-refractivity contribution in [2.45, 2.75) is 6.92 Å². The van der Waals surface area contributed by atoms with E-state index in [1.165, 1.54) is 18.2 Å². The first-order valence-electron chi connectivity index (χ1n) is 4.92. The third kappa shape index (κ3) is 3.67. The van der Waals surface area contributed by atoms with Crippen molar-refractivity contribution in [1.29, 1.82) is 0 Å². The van der Waals surface area contributed by atoms with E-state index < -0.39 is 5.97 Å². The van der Waals surface area contributed by atoms with Gasteiger partial charge in [0, 0.05) is 11.6 Å². The van der Waals surface area contributed by atoms with Crippen molar-refractivity contribution in [3.05, 3.63) is 28.7 Å². The highest BCUT2D eigenvalue weighted by molar-refractivity contribution is 5.83. The fourth-order valence-electron chi connectivity index (χ4n) is 1.14. The Hall–Kier alpha value is -2.24. The van der Waals surface area contributed by atoms with Crippen LogP contribution in [-0.2, 0) is 9.53 Å². The minimum Gasteiger partial charge on any atom is -0.482 e. The number of hydrogen-bond acceptors (Lipinski definition) is 6. The molecule has 1 aromatic rings. The highest BCUT2D eigenvalue weighted by Gasteiger charge is 2.07. The van der Waals surface area contributed by atoms with Crippen molar-refractivity contribution in [2.75, 3.05) is 13.2 Å². The van der Waals surface area contributed by atoms with Gasteiger partial charge in [0.15, 0.2) is 12.9 Å². The number of hydrogen-bond donors (Lipinski definition) is 0. The molecule has 0 saturated carbocycles. The van der Waals surface area contributed by atoms with Crippen LogP contribution < -0.4 is 4.74 Å². The third-order valence-electron chi connectivity index (χ3n) is 1.89. The van der Waals surface area contributed by atoms with Gasteiger partial charge in [-0.2, -0.15) is 0 Å². The maximum absolute atomic E-state index is 11.0. The van der Waals surface area contributed by atoms with Crippen LogP contribution in [-0.4, -0.2) is 25.5 Å². The Kier molecular flexibility index (Phi) is 4.80. The zero-order valence-electron chi connectivity index (χ0n) is 9.21. The summed E-state index contributed by atoms with van der Waals surface area (Å²) in [6.45, 7) is 1.70. The first-order valence-corrected chi connectivity index (χ1v) is 4.92. The van der Waals surface area contributed by atoms with Crippen molar-refractivity contribution < 1.29 is 19.1 Å². The van der Waals surface area contributed by atoms with Gasteiger partial charge in [0.2, 0.25) is 0 Å². The summed E-state index contributed by atoms with van der Waals surface area (Å²) in [4.78, 5) is 32.0. The molecule has 0 aliphatic carbocycles. The van der Waals surface area contributed by atoms with E-state index in [4.69, 9.17) is 4.74 Å². The first kappa shape index (κ1) is 12.8. The van der Waals surface area contributed by atoms with Crippen molar-refractivity contribution in [3.8, 4) is 5.75 Å². The van der Waals surface area contributed by atoms with Gasteiger partial charge < -0.3 is 9.47 Å². The summed E-state index contributed by atoms with van der Waals surface area (Å²) in [5.41, 5.74) is 0.143. The number of nitroso groups, excluding NO2 is 1. The normalized spacial score (nSPS) is 9.47. The lowest BCUT2D eigenvalue weighted by atomic mass is 10.2. The van der Waals surface area contributed by atoms with Gasteiger partial charge in [0.05, 0.1) is 6.61 Å². The summed E-state index contributed by atoms with van der Waals surface area (Å²) in [6, 6.07) is 4.15. The fraction of sp³-hybridized carbons (Fsp3) is 0.273. The predicted molar refractivity (Wildman–Crippen MR) is 59.4 cm³/mol. The SMILES string of the molecule is CCOC(=O)COc1ccc(C=O)c(N=O)c1. The second-order valence-electron chi connectivity index (χ2n) is 3.02. The molecule has 0 saturated heterocycles. The Balaban J connectivity index is 2.69. The van der Waals surface area contributed by atoms with E-state index in [1.54, 1.807) is 6.92 Å². The summed E-state index contributed by atoms with van der Waals surface area (Å²) in [7, 11) is 0. The molecule has 1 aromatic carbocycles. The maximum Gasteiger partial charge on any atom is 0.344 e. The minimum absolute atomic E-state index is 0.0265. The van der Waals surface area contributed by atoms with Crippen LogP contribution in [0.1, 0.15) is 17.3 Å². The molecule has 0 spiro atoms. The fourth-order valence-corrected chi connectivity index (χ4v) is 1.14. The molecule has 1 rings (SSSR count). The Bertz CT molecular complexity index is 430. The Labute approximate surface area is 97.5 Å². The van der Waals surface area contributed by atoms with E-state index in [2.05, 4.69) is 9.91 Å². The standard InChI is InChI=1S/C11H11NO5/c1-2-16-11(14)7-17-9-4-3-8(6-13)10(5-9)12-15/h3-6H,2,7H2,1H3. The van der Waals surface area contributed by atoms with Crippen LogP contribution in [0, 0.1) is 4.91 Å². The van der Waals surface area contributed by atoms with Crippen LogP contribution in [0.5, 0.6) is 5.75 Å². The first-order chi connectivity index (χ1) is 8.21. The molecule has 0 aliphatic heterocycles. The monoisotopic (exact) mass is 237 g/mol. The zero-order valence-corrected chi connectivity index (χ0v) is 9.21. The molecule has 0 N–H and O–H groups in total. The maximum atomic E-state index is 11.0. The van der Waals surface area contributed by atoms with Crippen molar-refractivity contribution in [3.63, 3.8) is 0 Å². The van der Waals surface area contributed by atoms with Crippen molar-refractivity contribution in [1.82, 2.24) is 0 Å². The Morgan fingerprint density at radius 2 is 2.24 bits per heavy atom. The summed E-state index contributed by atoms with van der Waals surface area (Å²) >= 11 is 0. The van der Waals surface area contributed by atoms with Gasteiger partial charge in [-0.3, -0.25) is 4.79 Å². The van der Waals surface area contributed by atoms with E-state index >= 15 is 0 Å². The van der Waals surface area contributed by atoms with E-state index in [1.807, 2.05) is 0 Å². The molecular weight excluding hydrogens is 226 g/mol. The molecule has 0 aromatic heterocycles. The van der Waals surface area contributed by atoms with Gasteiger partial charge in [-0.25, -0.2) is 4.79 Å². The van der Waals surface area contributed by atoms with E-state index in [0.29, 0.717) is 6.29 Å². The molecule has 0 amide bonds. The number of benzene rings is 1. The van der Waals surface area contributed by atoms with Gasteiger partial charge >= 0.3 is 5.97 Å². The number of aldehydes is 1. The quantitative estimate of drug-likeness (QED) is 0.428. The molecule has 0 atom stereocenters. The molecular formula is C11H11NO5. The van der Waals surface area contributed by atoms with Gasteiger partial charge in [0.25, 0.3) is 0 Å². The summed E-state index contributed by atoms with van der Waals surface area (Å²) in [5.74, 6) is -0.231. The van der Waals surface area contributed by atoms with Gasteiger partial charge in [-0.05, 0) is 24.2 Å². The molecule has 0 radical (unpaired) electrons. The summed E-state index contributed by atoms with van der Waals surface area (Å²) < 4.78 is 9.73. The van der Waals surface area contributed by atoms with Gasteiger partial charge in [0.1, 0.15) is 11.4 Å². The number of rotatable bonds is 6. The number of carbonyl (C=O) groups is 2. The third-order valence-corrected chi connectivity index (χ3v) is 1.89. The van der Waals surface area contributed by atoms with Crippen LogP contribution in [0.4, 0.5) is 5.69 Å². The zero-order chi connectivity index (χ0) is 12.7. The highest BCUT2D eigenvalue weighted by Crippen LogP contribution is 2.23. The molecule has 0 fully saturated rings. The highest BCUT2D eigenvalue weighted by atomic mass is 16.6. The van der Waals surface area contributed by atoms with E-state index in [0.717, 1.165) is 0 Å². The van der Waals surface area contributed by atoms with Crippen LogP contribution in [0.3, 0.4) is 0 Å². The topological polar surface area (TPSA) is 82.0 Å². The van der Waals surface area contributed by atoms with Crippen LogP contribution in [0.25, 0.3) is 0 Å². The lowest BCUT2D eigenvalue weighted by molar-refractivity contribution is -0.145. The van der Waals surface area contributed by atoms with E-state index in [9.17, 15) is 14.5 Å². The lowest BCUT2D eigenvalue weighted by Gasteiger charge is -2.06. The molecule has 6 heteroatoms. The van der Waals surface area contributed by atoms with Crippen molar-refractivity contribution in [2.24, 2.45) is 5.18 Å². The number of ether oxygens (including phenoxy) is 2. The smallest absolute Gasteiger partial charge is 0.344 e. The van der Waals surface area contributed by atoms with Gasteiger partial charge in [-0.1, -0.05) is 0 Å². The average Bonchev–Trinajstić information content (AvgIpc) is 2.36. The molecule has 90 valence electrons. The van der Waals surface area contributed by atoms with Gasteiger partial charge in [-0.15, -0.1) is 4.91 Å². The number of esters is 1. The summed E-state index contributed by atoms with van der Waals surface area (Å²) in [5, 5.41) is 2.69. The molecule has 0 heterocycles. The molecule has 0 aliphatic rings. The second kappa shape index (κ2) is 6.37.